The minimum Gasteiger partial charge on any atom is -0.454 e. The van der Waals surface area contributed by atoms with Crippen molar-refractivity contribution in [2.45, 2.75) is 11.8 Å². The first kappa shape index (κ1) is 24.1. The third kappa shape index (κ3) is 4.90. The largest absolute Gasteiger partial charge is 0.454 e. The van der Waals surface area contributed by atoms with Gasteiger partial charge >= 0.3 is 5.97 Å². The molecule has 0 unspecified atom stereocenters. The molecule has 0 saturated carbocycles. The quantitative estimate of drug-likeness (QED) is 0.355. The number of sulfonamides is 1. The SMILES string of the molecule is Cc1onc(-c2ccccc2Cl)c1C(=O)OCC(=O)c1cccc(S(=O)(=O)N2CCOCC2)c1. The van der Waals surface area contributed by atoms with Crippen molar-refractivity contribution >= 4 is 33.4 Å². The van der Waals surface area contributed by atoms with Gasteiger partial charge in [0.05, 0.1) is 23.1 Å². The van der Waals surface area contributed by atoms with Crippen LogP contribution in [0.4, 0.5) is 0 Å². The van der Waals surface area contributed by atoms with Crippen LogP contribution in [-0.4, -0.2) is 62.5 Å². The number of hydrogen-bond acceptors (Lipinski definition) is 8. The van der Waals surface area contributed by atoms with Crippen molar-refractivity contribution in [1.29, 1.82) is 0 Å². The molecule has 3 aromatic rings. The molecule has 34 heavy (non-hydrogen) atoms. The van der Waals surface area contributed by atoms with E-state index in [0.717, 1.165) is 0 Å². The highest BCUT2D eigenvalue weighted by atomic mass is 35.5. The number of ketones is 1. The molecule has 1 saturated heterocycles. The van der Waals surface area contributed by atoms with E-state index in [1.165, 1.54) is 28.6 Å². The van der Waals surface area contributed by atoms with Gasteiger partial charge < -0.3 is 14.0 Å². The Balaban J connectivity index is 1.49. The predicted molar refractivity (Wildman–Crippen MR) is 122 cm³/mol. The number of esters is 1. The average Bonchev–Trinajstić information content (AvgIpc) is 3.24. The smallest absolute Gasteiger partial charge is 0.344 e. The van der Waals surface area contributed by atoms with Gasteiger partial charge in [-0.15, -0.1) is 0 Å². The second-order valence-corrected chi connectivity index (χ2v) is 9.83. The van der Waals surface area contributed by atoms with Crippen LogP contribution in [0, 0.1) is 6.92 Å². The summed E-state index contributed by atoms with van der Waals surface area (Å²) in [4.78, 5) is 25.5. The minimum absolute atomic E-state index is 0.0116. The molecule has 0 spiro atoms. The Morgan fingerprint density at radius 1 is 1.12 bits per heavy atom. The highest BCUT2D eigenvalue weighted by Gasteiger charge is 2.28. The van der Waals surface area contributed by atoms with Gasteiger partial charge in [-0.05, 0) is 25.1 Å². The Labute approximate surface area is 201 Å². The first-order chi connectivity index (χ1) is 16.3. The van der Waals surface area contributed by atoms with E-state index in [1.807, 2.05) is 0 Å². The van der Waals surface area contributed by atoms with E-state index in [2.05, 4.69) is 5.16 Å². The van der Waals surface area contributed by atoms with Crippen LogP contribution in [-0.2, 0) is 19.5 Å². The number of nitrogens with zero attached hydrogens (tertiary/aromatic N) is 2. The monoisotopic (exact) mass is 504 g/mol. The number of ether oxygens (including phenoxy) is 2. The van der Waals surface area contributed by atoms with Gasteiger partial charge in [0.25, 0.3) is 0 Å². The fourth-order valence-electron chi connectivity index (χ4n) is 3.50. The van der Waals surface area contributed by atoms with Gasteiger partial charge in [0.1, 0.15) is 17.0 Å². The summed E-state index contributed by atoms with van der Waals surface area (Å²) in [5, 5.41) is 4.28. The lowest BCUT2D eigenvalue weighted by molar-refractivity contribution is 0.0473. The fraction of sp³-hybridized carbons (Fsp3) is 0.261. The van der Waals surface area contributed by atoms with Crippen LogP contribution in [0.1, 0.15) is 26.5 Å². The molecule has 0 N–H and O–H groups in total. The zero-order chi connectivity index (χ0) is 24.3. The van der Waals surface area contributed by atoms with Crippen molar-refractivity contribution in [2.75, 3.05) is 32.9 Å². The van der Waals surface area contributed by atoms with E-state index >= 15 is 0 Å². The Morgan fingerprint density at radius 3 is 2.59 bits per heavy atom. The highest BCUT2D eigenvalue weighted by Crippen LogP contribution is 2.31. The Bertz CT molecular complexity index is 1330. The zero-order valence-electron chi connectivity index (χ0n) is 18.2. The lowest BCUT2D eigenvalue weighted by atomic mass is 10.1. The second kappa shape index (κ2) is 10.1. The summed E-state index contributed by atoms with van der Waals surface area (Å²) in [6.07, 6.45) is 0. The highest BCUT2D eigenvalue weighted by molar-refractivity contribution is 7.89. The second-order valence-electron chi connectivity index (χ2n) is 7.49. The summed E-state index contributed by atoms with van der Waals surface area (Å²) in [5.41, 5.74) is 0.861. The molecule has 2 heterocycles. The average molecular weight is 505 g/mol. The predicted octanol–water partition coefficient (Wildman–Crippen LogP) is 3.36. The number of hydrogen-bond donors (Lipinski definition) is 0. The van der Waals surface area contributed by atoms with Crippen molar-refractivity contribution in [3.8, 4) is 11.3 Å². The number of halogens is 1. The lowest BCUT2D eigenvalue weighted by Crippen LogP contribution is -2.40. The van der Waals surface area contributed by atoms with Crippen LogP contribution in [0.15, 0.2) is 57.9 Å². The topological polar surface area (TPSA) is 116 Å². The standard InChI is InChI=1S/C23H21ClN2O7S/c1-15-21(22(25-33-15)18-7-2-3-8-19(18)24)23(28)32-14-20(27)16-5-4-6-17(13-16)34(29,30)26-9-11-31-12-10-26/h2-8,13H,9-12,14H2,1H3. The molecule has 1 fully saturated rings. The number of Topliss-reactive ketones (excluding diaryl/α,β-unsaturated/α-hetero) is 1. The third-order valence-corrected chi connectivity index (χ3v) is 7.52. The molecule has 1 aromatic heterocycles. The maximum Gasteiger partial charge on any atom is 0.344 e. The fourth-order valence-corrected chi connectivity index (χ4v) is 5.18. The van der Waals surface area contributed by atoms with Gasteiger partial charge in [-0.3, -0.25) is 4.79 Å². The van der Waals surface area contributed by atoms with Gasteiger partial charge in [-0.25, -0.2) is 13.2 Å². The summed E-state index contributed by atoms with van der Waals surface area (Å²) in [6.45, 7) is 2.06. The summed E-state index contributed by atoms with van der Waals surface area (Å²) >= 11 is 6.21. The van der Waals surface area contributed by atoms with Crippen molar-refractivity contribution in [3.05, 3.63) is 70.4 Å². The van der Waals surface area contributed by atoms with Gasteiger partial charge in [-0.2, -0.15) is 4.31 Å². The van der Waals surface area contributed by atoms with E-state index in [-0.39, 0.29) is 40.6 Å². The Morgan fingerprint density at radius 2 is 1.85 bits per heavy atom. The zero-order valence-corrected chi connectivity index (χ0v) is 19.8. The molecule has 1 aliphatic rings. The Kier molecular flexibility index (Phi) is 7.13. The molecule has 0 bridgehead atoms. The molecule has 0 radical (unpaired) electrons. The molecule has 0 aliphatic carbocycles. The van der Waals surface area contributed by atoms with Gasteiger partial charge in [0, 0.05) is 24.2 Å². The number of benzene rings is 2. The number of morpholine rings is 1. The van der Waals surface area contributed by atoms with Crippen LogP contribution >= 0.6 is 11.6 Å². The molecule has 4 rings (SSSR count). The normalized spacial score (nSPS) is 14.6. The van der Waals surface area contributed by atoms with E-state index in [1.54, 1.807) is 31.2 Å². The number of carbonyl (C=O) groups excluding carboxylic acids is 2. The maximum absolute atomic E-state index is 12.9. The molecule has 2 aromatic carbocycles. The van der Waals surface area contributed by atoms with Crippen molar-refractivity contribution in [3.63, 3.8) is 0 Å². The number of aromatic nitrogens is 1. The molecular weight excluding hydrogens is 484 g/mol. The van der Waals surface area contributed by atoms with E-state index < -0.39 is 28.4 Å². The van der Waals surface area contributed by atoms with E-state index in [0.29, 0.717) is 23.8 Å². The number of carbonyl (C=O) groups is 2. The first-order valence-electron chi connectivity index (χ1n) is 10.4. The molecule has 178 valence electrons. The van der Waals surface area contributed by atoms with Crippen molar-refractivity contribution in [2.24, 2.45) is 0 Å². The summed E-state index contributed by atoms with van der Waals surface area (Å²) in [5.74, 6) is -1.15. The van der Waals surface area contributed by atoms with Crippen LogP contribution in [0.5, 0.6) is 0 Å². The van der Waals surface area contributed by atoms with Crippen LogP contribution in [0.2, 0.25) is 5.02 Å². The van der Waals surface area contributed by atoms with Gasteiger partial charge in [-0.1, -0.05) is 47.1 Å². The maximum atomic E-state index is 12.9. The molecule has 0 amide bonds. The van der Waals surface area contributed by atoms with Crippen LogP contribution in [0.3, 0.4) is 0 Å². The minimum atomic E-state index is -3.77. The molecule has 11 heteroatoms. The van der Waals surface area contributed by atoms with Gasteiger partial charge in [0.2, 0.25) is 10.0 Å². The van der Waals surface area contributed by atoms with Crippen LogP contribution in [0.25, 0.3) is 11.3 Å². The summed E-state index contributed by atoms with van der Waals surface area (Å²) in [6, 6.07) is 12.4. The first-order valence-corrected chi connectivity index (χ1v) is 12.2. The summed E-state index contributed by atoms with van der Waals surface area (Å²) < 4.78 is 42.6. The number of aryl methyl sites for hydroxylation is 1. The molecule has 9 nitrogen and oxygen atoms in total. The molecule has 1 aliphatic heterocycles. The van der Waals surface area contributed by atoms with Crippen molar-refractivity contribution < 1.29 is 32.0 Å². The Hall–Kier alpha value is -3.05. The molecule has 0 atom stereocenters. The van der Waals surface area contributed by atoms with E-state index in [9.17, 15) is 18.0 Å². The lowest BCUT2D eigenvalue weighted by Gasteiger charge is -2.26. The van der Waals surface area contributed by atoms with Gasteiger partial charge in [0.15, 0.2) is 12.4 Å². The summed E-state index contributed by atoms with van der Waals surface area (Å²) in [7, 11) is -3.77. The van der Waals surface area contributed by atoms with Crippen molar-refractivity contribution in [1.82, 2.24) is 9.46 Å². The molecular formula is C23H21ClN2O7S. The third-order valence-electron chi connectivity index (χ3n) is 5.29. The number of rotatable bonds is 7. The van der Waals surface area contributed by atoms with E-state index in [4.69, 9.17) is 25.6 Å². The van der Waals surface area contributed by atoms with Crippen LogP contribution < -0.4 is 0 Å².